The summed E-state index contributed by atoms with van der Waals surface area (Å²) in [6, 6.07) is 6.43. The van der Waals surface area contributed by atoms with Gasteiger partial charge in [-0.15, -0.1) is 0 Å². The molecule has 3 aliphatic rings. The lowest BCUT2D eigenvalue weighted by atomic mass is 10.2. The maximum Gasteiger partial charge on any atom is 0.224 e. The molecule has 1 unspecified atom stereocenters. The summed E-state index contributed by atoms with van der Waals surface area (Å²) < 4.78 is 17.0. The first-order chi connectivity index (χ1) is 14.8. The number of benzene rings is 1. The van der Waals surface area contributed by atoms with Crippen LogP contribution in [0.5, 0.6) is 5.88 Å². The van der Waals surface area contributed by atoms with Gasteiger partial charge in [-0.2, -0.15) is 0 Å². The summed E-state index contributed by atoms with van der Waals surface area (Å²) in [5.74, 6) is 0.668. The van der Waals surface area contributed by atoms with Gasteiger partial charge in [-0.05, 0) is 18.2 Å². The number of rotatable bonds is 6. The average molecular weight is 414 g/mol. The molecule has 0 amide bonds. The molecule has 5 rings (SSSR count). The Morgan fingerprint density at radius 2 is 1.70 bits per heavy atom. The van der Waals surface area contributed by atoms with Crippen LogP contribution in [0.4, 0.5) is 5.69 Å². The van der Waals surface area contributed by atoms with Crippen molar-refractivity contribution >= 4 is 16.6 Å². The summed E-state index contributed by atoms with van der Waals surface area (Å²) in [5, 5.41) is 0.983. The Kier molecular flexibility index (Phi) is 6.26. The zero-order chi connectivity index (χ0) is 20.2. The Balaban J connectivity index is 1.21. The third-order valence-corrected chi connectivity index (χ3v) is 6.32. The summed E-state index contributed by atoms with van der Waals surface area (Å²) in [7, 11) is 0. The summed E-state index contributed by atoms with van der Waals surface area (Å²) in [6.07, 6.45) is 2.58. The van der Waals surface area contributed by atoms with Crippen molar-refractivity contribution in [1.82, 2.24) is 19.8 Å². The normalized spacial score (nSPS) is 23.9. The van der Waals surface area contributed by atoms with Crippen molar-refractivity contribution < 1.29 is 14.2 Å². The summed E-state index contributed by atoms with van der Waals surface area (Å²) >= 11 is 0. The minimum atomic E-state index is 0.0850. The molecular weight excluding hydrogens is 382 g/mol. The van der Waals surface area contributed by atoms with Crippen LogP contribution in [0, 0.1) is 0 Å². The smallest absolute Gasteiger partial charge is 0.224 e. The van der Waals surface area contributed by atoms with Crippen molar-refractivity contribution in [3.05, 3.63) is 24.5 Å². The fourth-order valence-electron chi connectivity index (χ4n) is 4.41. The number of morpholine rings is 1. The van der Waals surface area contributed by atoms with Crippen LogP contribution in [0.3, 0.4) is 0 Å². The number of piperazine rings is 1. The third kappa shape index (κ3) is 4.67. The van der Waals surface area contributed by atoms with Crippen LogP contribution in [-0.4, -0.2) is 105 Å². The topological polar surface area (TPSA) is 63.2 Å². The number of fused-ring (bicyclic) bond motifs is 1. The molecule has 0 bridgehead atoms. The number of hydrogen-bond acceptors (Lipinski definition) is 8. The standard InChI is InChI=1S/C22H31N5O3/c1-2-21-20(22(24-17-23-21)30-19-3-12-29-16-19)15-18(1)27-8-6-25(7-9-27)4-5-26-10-13-28-14-11-26/h1-2,15,17,19H,3-14,16H2. The van der Waals surface area contributed by atoms with E-state index >= 15 is 0 Å². The second kappa shape index (κ2) is 9.43. The number of nitrogens with zero attached hydrogens (tertiary/aromatic N) is 5. The van der Waals surface area contributed by atoms with Crippen LogP contribution in [-0.2, 0) is 9.47 Å². The maximum absolute atomic E-state index is 6.12. The molecule has 162 valence electrons. The van der Waals surface area contributed by atoms with E-state index in [1.165, 1.54) is 5.69 Å². The van der Waals surface area contributed by atoms with Crippen LogP contribution in [0.2, 0.25) is 0 Å². The molecule has 1 aromatic heterocycles. The van der Waals surface area contributed by atoms with E-state index in [9.17, 15) is 0 Å². The van der Waals surface area contributed by atoms with E-state index in [0.717, 1.165) is 89.5 Å². The molecule has 0 saturated carbocycles. The van der Waals surface area contributed by atoms with Crippen LogP contribution < -0.4 is 9.64 Å². The largest absolute Gasteiger partial charge is 0.471 e. The number of aromatic nitrogens is 2. The Hall–Kier alpha value is -2.00. The van der Waals surface area contributed by atoms with Crippen molar-refractivity contribution in [3.8, 4) is 5.88 Å². The Labute approximate surface area is 177 Å². The van der Waals surface area contributed by atoms with Crippen LogP contribution >= 0.6 is 0 Å². The molecule has 30 heavy (non-hydrogen) atoms. The molecule has 2 aromatic rings. The minimum absolute atomic E-state index is 0.0850. The monoisotopic (exact) mass is 413 g/mol. The number of ether oxygens (including phenoxy) is 3. The minimum Gasteiger partial charge on any atom is -0.471 e. The van der Waals surface area contributed by atoms with Gasteiger partial charge in [-0.25, -0.2) is 9.97 Å². The fraction of sp³-hybridized carbons (Fsp3) is 0.636. The van der Waals surface area contributed by atoms with Gasteiger partial charge in [0.05, 0.1) is 37.3 Å². The Morgan fingerprint density at radius 3 is 2.47 bits per heavy atom. The second-order valence-corrected chi connectivity index (χ2v) is 8.27. The van der Waals surface area contributed by atoms with Crippen LogP contribution in [0.25, 0.3) is 10.9 Å². The van der Waals surface area contributed by atoms with Gasteiger partial charge < -0.3 is 19.1 Å². The van der Waals surface area contributed by atoms with Crippen LogP contribution in [0.1, 0.15) is 6.42 Å². The molecule has 0 spiro atoms. The zero-order valence-corrected chi connectivity index (χ0v) is 17.5. The van der Waals surface area contributed by atoms with E-state index < -0.39 is 0 Å². The predicted molar refractivity (Wildman–Crippen MR) is 115 cm³/mol. The van der Waals surface area contributed by atoms with Crippen molar-refractivity contribution in [2.24, 2.45) is 0 Å². The van der Waals surface area contributed by atoms with Gasteiger partial charge in [-0.1, -0.05) is 0 Å². The molecule has 0 aliphatic carbocycles. The van der Waals surface area contributed by atoms with E-state index in [2.05, 4.69) is 42.9 Å². The molecule has 0 N–H and O–H groups in total. The van der Waals surface area contributed by atoms with Crippen molar-refractivity contribution in [3.63, 3.8) is 0 Å². The maximum atomic E-state index is 6.12. The summed E-state index contributed by atoms with van der Waals surface area (Å²) in [5.41, 5.74) is 2.14. The molecule has 8 nitrogen and oxygen atoms in total. The van der Waals surface area contributed by atoms with Gasteiger partial charge in [0, 0.05) is 64.5 Å². The van der Waals surface area contributed by atoms with Crippen molar-refractivity contribution in [1.29, 1.82) is 0 Å². The molecule has 0 radical (unpaired) electrons. The van der Waals surface area contributed by atoms with Gasteiger partial charge in [0.2, 0.25) is 5.88 Å². The first-order valence-electron chi connectivity index (χ1n) is 11.1. The lowest BCUT2D eigenvalue weighted by Crippen LogP contribution is -2.49. The van der Waals surface area contributed by atoms with E-state index in [4.69, 9.17) is 14.2 Å². The highest BCUT2D eigenvalue weighted by atomic mass is 16.5. The van der Waals surface area contributed by atoms with Gasteiger partial charge in [0.1, 0.15) is 12.4 Å². The number of hydrogen-bond donors (Lipinski definition) is 0. The van der Waals surface area contributed by atoms with E-state index in [-0.39, 0.29) is 6.10 Å². The third-order valence-electron chi connectivity index (χ3n) is 6.32. The highest BCUT2D eigenvalue weighted by molar-refractivity contribution is 5.86. The lowest BCUT2D eigenvalue weighted by molar-refractivity contribution is 0.0331. The summed E-state index contributed by atoms with van der Waals surface area (Å²) in [4.78, 5) is 16.4. The first kappa shape index (κ1) is 19.9. The van der Waals surface area contributed by atoms with Crippen LogP contribution in [0.15, 0.2) is 24.5 Å². The van der Waals surface area contributed by atoms with E-state index in [1.807, 2.05) is 0 Å². The first-order valence-corrected chi connectivity index (χ1v) is 11.1. The van der Waals surface area contributed by atoms with Gasteiger partial charge >= 0.3 is 0 Å². The fourth-order valence-corrected chi connectivity index (χ4v) is 4.41. The van der Waals surface area contributed by atoms with Gasteiger partial charge in [0.25, 0.3) is 0 Å². The molecule has 1 aromatic carbocycles. The second-order valence-electron chi connectivity index (χ2n) is 8.27. The molecule has 3 aliphatic heterocycles. The van der Waals surface area contributed by atoms with Gasteiger partial charge in [0.15, 0.2) is 0 Å². The molecule has 3 fully saturated rings. The molecule has 1 atom stereocenters. The summed E-state index contributed by atoms with van der Waals surface area (Å²) in [6.45, 7) is 11.8. The molecule has 8 heteroatoms. The molecule has 4 heterocycles. The Bertz CT molecular complexity index is 831. The number of anilines is 1. The molecular formula is C22H31N5O3. The van der Waals surface area contributed by atoms with E-state index in [1.54, 1.807) is 6.33 Å². The van der Waals surface area contributed by atoms with Crippen molar-refractivity contribution in [2.45, 2.75) is 12.5 Å². The Morgan fingerprint density at radius 1 is 0.900 bits per heavy atom. The predicted octanol–water partition coefficient (Wildman–Crippen LogP) is 1.25. The highest BCUT2D eigenvalue weighted by Gasteiger charge is 2.21. The zero-order valence-electron chi connectivity index (χ0n) is 17.5. The highest BCUT2D eigenvalue weighted by Crippen LogP contribution is 2.28. The average Bonchev–Trinajstić information content (AvgIpc) is 3.32. The van der Waals surface area contributed by atoms with Crippen molar-refractivity contribution in [2.75, 3.05) is 83.7 Å². The van der Waals surface area contributed by atoms with Gasteiger partial charge in [-0.3, -0.25) is 9.80 Å². The lowest BCUT2D eigenvalue weighted by Gasteiger charge is -2.37. The molecule has 3 saturated heterocycles. The quantitative estimate of drug-likeness (QED) is 0.701. The van der Waals surface area contributed by atoms with E-state index in [0.29, 0.717) is 12.5 Å². The SMILES string of the molecule is c1nc(OC2CCOC2)c2cc(N3CCN(CCN4CCOCC4)CC3)ccc2n1.